The molecule has 6 aliphatic rings. The van der Waals surface area contributed by atoms with Crippen molar-refractivity contribution in [3.05, 3.63) is 0 Å². The summed E-state index contributed by atoms with van der Waals surface area (Å²) in [6.07, 6.45) is 41.2. The van der Waals surface area contributed by atoms with Gasteiger partial charge in [-0.3, -0.25) is 0 Å². The molecule has 0 nitrogen and oxygen atoms in total. The molecule has 0 aromatic heterocycles. The van der Waals surface area contributed by atoms with Gasteiger partial charge in [-0.05, 0) is 104 Å². The first-order chi connectivity index (χ1) is 17.9. The van der Waals surface area contributed by atoms with Crippen molar-refractivity contribution in [3.63, 3.8) is 0 Å². The number of hydrogen-bond acceptors (Lipinski definition) is 0. The topological polar surface area (TPSA) is 0 Å². The molecule has 0 aromatic carbocycles. The molecule has 6 saturated carbocycles. The van der Waals surface area contributed by atoms with E-state index in [1.165, 1.54) is 6.42 Å². The van der Waals surface area contributed by atoms with Crippen molar-refractivity contribution in [2.24, 2.45) is 59.2 Å². The van der Waals surface area contributed by atoms with Crippen LogP contribution in [0.2, 0.25) is 0 Å². The molecule has 206 valence electrons. The molecule has 0 aliphatic heterocycles. The van der Waals surface area contributed by atoms with Gasteiger partial charge in [-0.2, -0.15) is 0 Å². The highest BCUT2D eigenvalue weighted by Crippen LogP contribution is 2.55. The molecule has 0 heterocycles. The molecule has 0 bridgehead atoms. The minimum atomic E-state index is 1.10. The third-order valence-corrected chi connectivity index (χ3v) is 13.7. The number of hydrogen-bond donors (Lipinski definition) is 0. The smallest absolute Gasteiger partial charge is 0.0352 e. The van der Waals surface area contributed by atoms with Gasteiger partial charge in [0.2, 0.25) is 0 Å². The van der Waals surface area contributed by atoms with Crippen LogP contribution >= 0.6 is 0 Å². The van der Waals surface area contributed by atoms with Crippen molar-refractivity contribution in [2.75, 3.05) is 0 Å². The van der Waals surface area contributed by atoms with Crippen LogP contribution in [-0.4, -0.2) is 0 Å². The molecule has 0 aromatic rings. The zero-order chi connectivity index (χ0) is 24.2. The summed E-state index contributed by atoms with van der Waals surface area (Å²) in [6, 6.07) is 0. The average molecular weight is 495 g/mol. The van der Waals surface area contributed by atoms with Crippen LogP contribution in [0.3, 0.4) is 0 Å². The normalized spacial score (nSPS) is 45.8. The van der Waals surface area contributed by atoms with E-state index in [9.17, 15) is 0 Å². The first-order valence-corrected chi connectivity index (χ1v) is 17.9. The first kappa shape index (κ1) is 26.2. The zero-order valence-corrected chi connectivity index (χ0v) is 24.2. The first-order valence-electron chi connectivity index (χ1n) is 17.9. The molecule has 0 N–H and O–H groups in total. The second kappa shape index (κ2) is 12.9. The van der Waals surface area contributed by atoms with E-state index in [0.29, 0.717) is 0 Å². The summed E-state index contributed by atoms with van der Waals surface area (Å²) in [7, 11) is 0. The van der Waals surface area contributed by atoms with E-state index in [4.69, 9.17) is 0 Å². The van der Waals surface area contributed by atoms with E-state index in [1.54, 1.807) is 161 Å². The Bertz CT molecular complexity index is 642. The Morgan fingerprint density at radius 1 is 0.194 bits per heavy atom. The van der Waals surface area contributed by atoms with E-state index >= 15 is 0 Å². The second-order valence-corrected chi connectivity index (χ2v) is 15.3. The summed E-state index contributed by atoms with van der Waals surface area (Å²) in [5, 5.41) is 0. The fourth-order valence-corrected chi connectivity index (χ4v) is 12.1. The predicted octanol–water partition coefficient (Wildman–Crippen LogP) is 11.4. The maximum absolute atomic E-state index is 1.66. The lowest BCUT2D eigenvalue weighted by atomic mass is 9.55. The van der Waals surface area contributed by atoms with Crippen LogP contribution in [0.4, 0.5) is 0 Å². The molecule has 0 amide bonds. The van der Waals surface area contributed by atoms with Crippen molar-refractivity contribution in [1.29, 1.82) is 0 Å². The molecule has 0 radical (unpaired) electrons. The third kappa shape index (κ3) is 5.93. The van der Waals surface area contributed by atoms with Crippen LogP contribution in [0, 0.1) is 59.2 Å². The van der Waals surface area contributed by atoms with Gasteiger partial charge in [0.1, 0.15) is 0 Å². The Labute approximate surface area is 225 Å². The van der Waals surface area contributed by atoms with Gasteiger partial charge in [0.05, 0.1) is 0 Å². The van der Waals surface area contributed by atoms with Crippen LogP contribution in [0.1, 0.15) is 167 Å². The van der Waals surface area contributed by atoms with Crippen LogP contribution in [0.15, 0.2) is 0 Å². The minimum Gasteiger partial charge on any atom is -0.0533 e. The minimum absolute atomic E-state index is 1.10. The van der Waals surface area contributed by atoms with E-state index in [0.717, 1.165) is 59.2 Å². The van der Waals surface area contributed by atoms with Gasteiger partial charge in [0.15, 0.2) is 0 Å². The van der Waals surface area contributed by atoms with Gasteiger partial charge < -0.3 is 0 Å². The van der Waals surface area contributed by atoms with Crippen molar-refractivity contribution >= 4 is 0 Å². The van der Waals surface area contributed by atoms with E-state index < -0.39 is 0 Å². The van der Waals surface area contributed by atoms with Crippen molar-refractivity contribution < 1.29 is 0 Å². The highest BCUT2D eigenvalue weighted by atomic mass is 14.5. The fourth-order valence-electron chi connectivity index (χ4n) is 12.1. The van der Waals surface area contributed by atoms with Crippen molar-refractivity contribution in [3.8, 4) is 0 Å². The molecule has 6 aliphatic carbocycles. The fraction of sp³-hybridized carbons (Fsp3) is 1.00. The lowest BCUT2D eigenvalue weighted by Gasteiger charge is -2.50. The zero-order valence-electron chi connectivity index (χ0n) is 24.2. The van der Waals surface area contributed by atoms with Gasteiger partial charge in [-0.25, -0.2) is 0 Å². The Kier molecular flexibility index (Phi) is 9.40. The van der Waals surface area contributed by atoms with E-state index in [1.807, 2.05) is 0 Å². The van der Waals surface area contributed by atoms with Crippen molar-refractivity contribution in [2.45, 2.75) is 167 Å². The summed E-state index contributed by atoms with van der Waals surface area (Å²) in [6.45, 7) is 0. The van der Waals surface area contributed by atoms with Crippen LogP contribution < -0.4 is 0 Å². The number of fused-ring (bicyclic) bond motifs is 2. The summed E-state index contributed by atoms with van der Waals surface area (Å²) >= 11 is 0. The lowest BCUT2D eigenvalue weighted by Crippen LogP contribution is -2.41. The molecule has 0 spiro atoms. The Morgan fingerprint density at radius 3 is 1.08 bits per heavy atom. The largest absolute Gasteiger partial charge is 0.0533 e. The van der Waals surface area contributed by atoms with Gasteiger partial charge in [-0.15, -0.1) is 0 Å². The van der Waals surface area contributed by atoms with Gasteiger partial charge in [-0.1, -0.05) is 122 Å². The molecule has 36 heavy (non-hydrogen) atoms. The maximum Gasteiger partial charge on any atom is -0.0352 e. The van der Waals surface area contributed by atoms with Gasteiger partial charge in [0, 0.05) is 0 Å². The van der Waals surface area contributed by atoms with Crippen LogP contribution in [0.5, 0.6) is 0 Å². The molecule has 0 heteroatoms. The van der Waals surface area contributed by atoms with Crippen molar-refractivity contribution in [1.82, 2.24) is 0 Å². The van der Waals surface area contributed by atoms with E-state index in [-0.39, 0.29) is 0 Å². The molecule has 0 saturated heterocycles. The predicted molar refractivity (Wildman–Crippen MR) is 155 cm³/mol. The molecule has 9 atom stereocenters. The Morgan fingerprint density at radius 2 is 0.472 bits per heavy atom. The molecular formula is C36H62. The summed E-state index contributed by atoms with van der Waals surface area (Å²) < 4.78 is 0. The second-order valence-electron chi connectivity index (χ2n) is 15.3. The summed E-state index contributed by atoms with van der Waals surface area (Å²) in [4.78, 5) is 0. The summed E-state index contributed by atoms with van der Waals surface area (Å²) in [5.74, 6) is 11.2. The highest BCUT2D eigenvalue weighted by molar-refractivity contribution is 4.95. The average Bonchev–Trinajstić information content (AvgIpc) is 2.95. The Balaban J connectivity index is 1.20. The van der Waals surface area contributed by atoms with Gasteiger partial charge >= 0.3 is 0 Å². The molecule has 6 rings (SSSR count). The SMILES string of the molecule is C1CCC(C2CCCCCCC(C3CCCC(C4CCCC5CCCCC54)C3)C3CCCCC23)CC1. The lowest BCUT2D eigenvalue weighted by molar-refractivity contribution is -0.00582. The monoisotopic (exact) mass is 494 g/mol. The summed E-state index contributed by atoms with van der Waals surface area (Å²) in [5.41, 5.74) is 0. The van der Waals surface area contributed by atoms with Gasteiger partial charge in [0.25, 0.3) is 0 Å². The highest BCUT2D eigenvalue weighted by Gasteiger charge is 2.45. The van der Waals surface area contributed by atoms with Crippen LogP contribution in [0.25, 0.3) is 0 Å². The maximum atomic E-state index is 1.66. The molecular weight excluding hydrogens is 432 g/mol. The van der Waals surface area contributed by atoms with Crippen LogP contribution in [-0.2, 0) is 0 Å². The number of rotatable bonds is 3. The third-order valence-electron chi connectivity index (χ3n) is 13.7. The quantitative estimate of drug-likeness (QED) is 0.366. The standard InChI is InChI=1S/C36H62/c1-2-7-21-34(36-24-11-10-23-35(36)32(20-6-1)27-14-4-3-5-15-27)30-19-12-18-29(26-30)33-25-13-17-28-16-8-9-22-31(28)33/h27-36H,1-26H2. The van der Waals surface area contributed by atoms with E-state index in [2.05, 4.69) is 0 Å². The molecule has 9 unspecified atom stereocenters. The molecule has 6 fully saturated rings. The Hall–Kier alpha value is 0.